The number of hydrogen-bond acceptors (Lipinski definition) is 5. The van der Waals surface area contributed by atoms with Crippen LogP contribution in [0.1, 0.15) is 25.2 Å². The summed E-state index contributed by atoms with van der Waals surface area (Å²) in [5.74, 6) is 0.977. The lowest BCUT2D eigenvalue weighted by Crippen LogP contribution is -2.30. The highest BCUT2D eigenvalue weighted by Gasteiger charge is 2.24. The minimum absolute atomic E-state index is 0.0806. The topological polar surface area (TPSA) is 85.3 Å². The summed E-state index contributed by atoms with van der Waals surface area (Å²) in [5.41, 5.74) is 1.61. The van der Waals surface area contributed by atoms with Crippen molar-refractivity contribution in [3.8, 4) is 11.5 Å². The number of rotatable bonds is 3. The molecular formula is C16H17N5O2. The third-order valence-electron chi connectivity index (χ3n) is 4.18. The first-order valence-corrected chi connectivity index (χ1v) is 7.84. The van der Waals surface area contributed by atoms with Crippen molar-refractivity contribution >= 4 is 11.6 Å². The molecule has 118 valence electrons. The number of amides is 1. The molecule has 1 atom stereocenters. The Hall–Kier alpha value is -2.70. The second kappa shape index (κ2) is 5.83. The highest BCUT2D eigenvalue weighted by atomic mass is 16.5. The maximum absolute atomic E-state index is 12.0. The van der Waals surface area contributed by atoms with Gasteiger partial charge in [-0.2, -0.15) is 4.98 Å². The van der Waals surface area contributed by atoms with Crippen LogP contribution in [0.4, 0.5) is 0 Å². The Labute approximate surface area is 132 Å². The Morgan fingerprint density at radius 2 is 2.30 bits per heavy atom. The van der Waals surface area contributed by atoms with E-state index in [1.807, 2.05) is 28.8 Å². The van der Waals surface area contributed by atoms with E-state index in [9.17, 15) is 4.79 Å². The van der Waals surface area contributed by atoms with Crippen LogP contribution in [0.3, 0.4) is 0 Å². The summed E-state index contributed by atoms with van der Waals surface area (Å²) in [4.78, 5) is 20.8. The van der Waals surface area contributed by atoms with Crippen molar-refractivity contribution in [3.05, 3.63) is 36.5 Å². The first-order valence-electron chi connectivity index (χ1n) is 7.84. The van der Waals surface area contributed by atoms with Crippen molar-refractivity contribution in [2.75, 3.05) is 6.54 Å². The minimum Gasteiger partial charge on any atom is -0.356 e. The predicted molar refractivity (Wildman–Crippen MR) is 82.5 cm³/mol. The van der Waals surface area contributed by atoms with Crippen LogP contribution in [0.25, 0.3) is 17.2 Å². The molecule has 0 spiro atoms. The molecule has 1 amide bonds. The van der Waals surface area contributed by atoms with Crippen molar-refractivity contribution in [2.24, 2.45) is 5.92 Å². The van der Waals surface area contributed by atoms with Crippen LogP contribution >= 0.6 is 0 Å². The van der Waals surface area contributed by atoms with E-state index < -0.39 is 0 Å². The molecule has 0 radical (unpaired) electrons. The van der Waals surface area contributed by atoms with Gasteiger partial charge in [0, 0.05) is 25.1 Å². The zero-order chi connectivity index (χ0) is 15.6. The smallest absolute Gasteiger partial charge is 0.227 e. The van der Waals surface area contributed by atoms with E-state index in [2.05, 4.69) is 20.4 Å². The predicted octanol–water partition coefficient (Wildman–Crippen LogP) is 1.84. The number of fused-ring (bicyclic) bond motifs is 1. The van der Waals surface area contributed by atoms with E-state index in [0.29, 0.717) is 18.1 Å². The Morgan fingerprint density at radius 1 is 1.35 bits per heavy atom. The molecule has 1 fully saturated rings. The summed E-state index contributed by atoms with van der Waals surface area (Å²) in [7, 11) is 0. The van der Waals surface area contributed by atoms with E-state index in [-0.39, 0.29) is 11.8 Å². The minimum atomic E-state index is -0.0898. The van der Waals surface area contributed by atoms with Crippen LogP contribution in [-0.2, 0) is 11.2 Å². The molecule has 4 heterocycles. The van der Waals surface area contributed by atoms with Crippen LogP contribution in [0.15, 0.2) is 35.1 Å². The molecule has 0 aliphatic carbocycles. The molecule has 1 saturated heterocycles. The second-order valence-electron chi connectivity index (χ2n) is 5.77. The Morgan fingerprint density at radius 3 is 3.26 bits per heavy atom. The fourth-order valence-corrected chi connectivity index (χ4v) is 2.95. The van der Waals surface area contributed by atoms with E-state index in [1.165, 1.54) is 0 Å². The summed E-state index contributed by atoms with van der Waals surface area (Å²) < 4.78 is 7.26. The van der Waals surface area contributed by atoms with Gasteiger partial charge < -0.3 is 9.84 Å². The monoisotopic (exact) mass is 311 g/mol. The van der Waals surface area contributed by atoms with Gasteiger partial charge in [0.05, 0.1) is 6.20 Å². The molecule has 7 nitrogen and oxygen atoms in total. The summed E-state index contributed by atoms with van der Waals surface area (Å²) >= 11 is 0. The number of carbonyl (C=O) groups is 1. The fourth-order valence-electron chi connectivity index (χ4n) is 2.95. The highest BCUT2D eigenvalue weighted by molar-refractivity contribution is 5.79. The zero-order valence-corrected chi connectivity index (χ0v) is 12.6. The van der Waals surface area contributed by atoms with Gasteiger partial charge in [-0.25, -0.2) is 4.98 Å². The molecule has 0 aromatic carbocycles. The van der Waals surface area contributed by atoms with E-state index in [4.69, 9.17) is 4.52 Å². The molecule has 7 heteroatoms. The number of pyridine rings is 1. The summed E-state index contributed by atoms with van der Waals surface area (Å²) in [6.07, 6.45) is 7.04. The number of hydrogen-bond donors (Lipinski definition) is 1. The van der Waals surface area contributed by atoms with Gasteiger partial charge >= 0.3 is 0 Å². The lowest BCUT2D eigenvalue weighted by Gasteiger charge is -2.09. The van der Waals surface area contributed by atoms with Gasteiger partial charge in [0.25, 0.3) is 0 Å². The molecular weight excluding hydrogens is 294 g/mol. The number of aromatic nitrogens is 4. The van der Waals surface area contributed by atoms with Gasteiger partial charge in [0.2, 0.25) is 17.6 Å². The Balaban J connectivity index is 1.58. The largest absolute Gasteiger partial charge is 0.356 e. The van der Waals surface area contributed by atoms with Crippen molar-refractivity contribution in [3.63, 3.8) is 0 Å². The number of imidazole rings is 1. The maximum atomic E-state index is 12.0. The Kier molecular flexibility index (Phi) is 3.53. The third-order valence-corrected chi connectivity index (χ3v) is 4.18. The van der Waals surface area contributed by atoms with Gasteiger partial charge in [0.1, 0.15) is 11.3 Å². The standard InChI is InChI=1S/C16H17N5O2/c22-16-11(5-1-3-7-17-16)9-14-19-15(20-23-14)12-10-18-13-6-2-4-8-21(12)13/h2,4,6,8,10-11H,1,3,5,7,9H2,(H,17,22). The lowest BCUT2D eigenvalue weighted by atomic mass is 9.99. The molecule has 0 saturated carbocycles. The molecule has 1 aliphatic rings. The normalized spacial score (nSPS) is 18.8. The summed E-state index contributed by atoms with van der Waals surface area (Å²) in [5, 5.41) is 6.97. The zero-order valence-electron chi connectivity index (χ0n) is 12.6. The molecule has 1 unspecified atom stereocenters. The molecule has 23 heavy (non-hydrogen) atoms. The van der Waals surface area contributed by atoms with E-state index in [1.54, 1.807) is 6.20 Å². The van der Waals surface area contributed by atoms with Gasteiger partial charge in [-0.05, 0) is 25.0 Å². The number of nitrogens with zero attached hydrogens (tertiary/aromatic N) is 4. The number of nitrogens with one attached hydrogen (secondary N) is 1. The van der Waals surface area contributed by atoms with Crippen molar-refractivity contribution in [1.82, 2.24) is 24.8 Å². The molecule has 3 aromatic heterocycles. The first kappa shape index (κ1) is 13.9. The van der Waals surface area contributed by atoms with E-state index in [0.717, 1.165) is 37.1 Å². The highest BCUT2D eigenvalue weighted by Crippen LogP contribution is 2.21. The quantitative estimate of drug-likeness (QED) is 0.798. The summed E-state index contributed by atoms with van der Waals surface area (Å²) in [6.45, 7) is 0.756. The molecule has 3 aromatic rings. The lowest BCUT2D eigenvalue weighted by molar-refractivity contribution is -0.124. The average molecular weight is 311 g/mol. The summed E-state index contributed by atoms with van der Waals surface area (Å²) in [6, 6.07) is 5.77. The molecule has 4 rings (SSSR count). The fraction of sp³-hybridized carbons (Fsp3) is 0.375. The van der Waals surface area contributed by atoms with Gasteiger partial charge in [0.15, 0.2) is 0 Å². The molecule has 1 aliphatic heterocycles. The van der Waals surface area contributed by atoms with Gasteiger partial charge in [-0.15, -0.1) is 0 Å². The number of carbonyl (C=O) groups excluding carboxylic acids is 1. The average Bonchev–Trinajstić information content (AvgIpc) is 3.14. The van der Waals surface area contributed by atoms with Crippen LogP contribution in [0, 0.1) is 5.92 Å². The third kappa shape index (κ3) is 2.69. The van der Waals surface area contributed by atoms with Crippen LogP contribution < -0.4 is 5.32 Å². The maximum Gasteiger partial charge on any atom is 0.227 e. The SMILES string of the molecule is O=C1NCCCCC1Cc1nc(-c2cnc3ccccn23)no1. The van der Waals surface area contributed by atoms with Crippen molar-refractivity contribution in [1.29, 1.82) is 0 Å². The van der Waals surface area contributed by atoms with Crippen LogP contribution in [-0.4, -0.2) is 32.0 Å². The Bertz CT molecular complexity index is 838. The second-order valence-corrected chi connectivity index (χ2v) is 5.77. The van der Waals surface area contributed by atoms with Gasteiger partial charge in [-0.3, -0.25) is 9.20 Å². The first-order chi connectivity index (χ1) is 11.3. The van der Waals surface area contributed by atoms with Gasteiger partial charge in [-0.1, -0.05) is 17.6 Å². The van der Waals surface area contributed by atoms with E-state index >= 15 is 0 Å². The van der Waals surface area contributed by atoms with Crippen LogP contribution in [0.5, 0.6) is 0 Å². The van der Waals surface area contributed by atoms with Crippen LogP contribution in [0.2, 0.25) is 0 Å². The molecule has 1 N–H and O–H groups in total. The van der Waals surface area contributed by atoms with Crippen molar-refractivity contribution < 1.29 is 9.32 Å². The van der Waals surface area contributed by atoms with Crippen molar-refractivity contribution in [2.45, 2.75) is 25.7 Å². The molecule has 0 bridgehead atoms.